The molecule has 1 fully saturated rings. The number of fused-ring (bicyclic) bond motifs is 1. The number of hydrogen-bond donors (Lipinski definition) is 1. The lowest BCUT2D eigenvalue weighted by Crippen LogP contribution is -2.25. The molecule has 0 spiro atoms. The number of aryl methyl sites for hydroxylation is 1. The number of anilines is 1. The van der Waals surface area contributed by atoms with E-state index in [1.807, 2.05) is 76.2 Å². The minimum atomic E-state index is 0.684. The SMILES string of the molecule is CCOc1ccc(CNCC2CCC(C)CC2)c(OCC)c1.Cc1nc(N(C)C)c2ccccc2n1. The zero-order valence-electron chi connectivity index (χ0n) is 23.0. The normalized spacial score (nSPS) is 17.3. The molecule has 0 saturated heterocycles. The molecule has 0 amide bonds. The van der Waals surface area contributed by atoms with Gasteiger partial charge in [-0.3, -0.25) is 0 Å². The fourth-order valence-electron chi connectivity index (χ4n) is 4.69. The van der Waals surface area contributed by atoms with Crippen molar-refractivity contribution in [2.24, 2.45) is 11.8 Å². The van der Waals surface area contributed by atoms with Crippen LogP contribution in [0.15, 0.2) is 42.5 Å². The van der Waals surface area contributed by atoms with E-state index >= 15 is 0 Å². The summed E-state index contributed by atoms with van der Waals surface area (Å²) >= 11 is 0. The summed E-state index contributed by atoms with van der Waals surface area (Å²) in [5, 5.41) is 4.72. The minimum Gasteiger partial charge on any atom is -0.494 e. The second-order valence-electron chi connectivity index (χ2n) is 9.90. The summed E-state index contributed by atoms with van der Waals surface area (Å²) in [4.78, 5) is 10.8. The van der Waals surface area contributed by atoms with Gasteiger partial charge in [0, 0.05) is 37.7 Å². The number of benzene rings is 2. The Hall–Kier alpha value is -2.86. The van der Waals surface area contributed by atoms with Crippen molar-refractivity contribution in [2.45, 2.75) is 59.9 Å². The second kappa shape index (κ2) is 14.0. The van der Waals surface area contributed by atoms with Crippen molar-refractivity contribution in [3.8, 4) is 11.5 Å². The summed E-state index contributed by atoms with van der Waals surface area (Å²) in [5.41, 5.74) is 2.22. The molecule has 1 heterocycles. The first-order valence-electron chi connectivity index (χ1n) is 13.4. The van der Waals surface area contributed by atoms with Crippen molar-refractivity contribution < 1.29 is 9.47 Å². The predicted octanol–water partition coefficient (Wildman–Crippen LogP) is 6.40. The number of aromatic nitrogens is 2. The lowest BCUT2D eigenvalue weighted by molar-refractivity contribution is 0.280. The van der Waals surface area contributed by atoms with Crippen LogP contribution in [0, 0.1) is 18.8 Å². The molecule has 0 radical (unpaired) electrons. The van der Waals surface area contributed by atoms with Gasteiger partial charge in [-0.25, -0.2) is 9.97 Å². The number of nitrogens with one attached hydrogen (secondary N) is 1. The Morgan fingerprint density at radius 3 is 2.36 bits per heavy atom. The van der Waals surface area contributed by atoms with Gasteiger partial charge in [0.2, 0.25) is 0 Å². The maximum Gasteiger partial charge on any atom is 0.139 e. The molecule has 3 aromatic rings. The number of rotatable bonds is 9. The highest BCUT2D eigenvalue weighted by molar-refractivity contribution is 5.89. The van der Waals surface area contributed by atoms with Crippen molar-refractivity contribution >= 4 is 16.7 Å². The highest BCUT2D eigenvalue weighted by Gasteiger charge is 2.18. The van der Waals surface area contributed by atoms with E-state index in [9.17, 15) is 0 Å². The molecule has 36 heavy (non-hydrogen) atoms. The van der Waals surface area contributed by atoms with Gasteiger partial charge >= 0.3 is 0 Å². The lowest BCUT2D eigenvalue weighted by atomic mass is 9.83. The Kier molecular flexibility index (Phi) is 10.8. The molecule has 1 saturated carbocycles. The molecule has 1 aliphatic rings. The number of nitrogens with zero attached hydrogens (tertiary/aromatic N) is 3. The maximum atomic E-state index is 5.76. The van der Waals surface area contributed by atoms with Gasteiger partial charge in [0.1, 0.15) is 23.1 Å². The van der Waals surface area contributed by atoms with Crippen LogP contribution in [0.1, 0.15) is 57.8 Å². The standard InChI is InChI=1S/C19H31NO2.C11H13N3/c1-4-21-18-11-10-17(19(12-18)22-5-2)14-20-13-16-8-6-15(3)7-9-16;1-8-12-10-7-5-4-6-9(10)11(13-8)14(2)3/h10-12,15-16,20H,4-9,13-14H2,1-3H3;4-7H,1-3H3. The highest BCUT2D eigenvalue weighted by Crippen LogP contribution is 2.28. The van der Waals surface area contributed by atoms with Gasteiger partial charge in [-0.1, -0.05) is 38.0 Å². The Balaban J connectivity index is 0.000000221. The van der Waals surface area contributed by atoms with Crippen LogP contribution in [0.4, 0.5) is 5.82 Å². The van der Waals surface area contributed by atoms with Crippen LogP contribution in [-0.4, -0.2) is 43.8 Å². The fraction of sp³-hybridized carbons (Fsp3) is 0.533. The zero-order chi connectivity index (χ0) is 25.9. The van der Waals surface area contributed by atoms with Gasteiger partial charge < -0.3 is 19.7 Å². The Bertz CT molecular complexity index is 1080. The Morgan fingerprint density at radius 1 is 0.944 bits per heavy atom. The third-order valence-electron chi connectivity index (χ3n) is 6.65. The van der Waals surface area contributed by atoms with Gasteiger partial charge in [-0.05, 0) is 70.2 Å². The molecule has 196 valence electrons. The van der Waals surface area contributed by atoms with E-state index in [1.54, 1.807) is 0 Å². The van der Waals surface area contributed by atoms with Crippen LogP contribution in [0.25, 0.3) is 10.9 Å². The van der Waals surface area contributed by atoms with Gasteiger partial charge in [-0.2, -0.15) is 0 Å². The molecule has 6 nitrogen and oxygen atoms in total. The zero-order valence-corrected chi connectivity index (χ0v) is 23.0. The first-order chi connectivity index (χ1) is 17.4. The topological polar surface area (TPSA) is 59.5 Å². The summed E-state index contributed by atoms with van der Waals surface area (Å²) in [6.07, 6.45) is 5.52. The first kappa shape index (κ1) is 27.7. The largest absolute Gasteiger partial charge is 0.494 e. The quantitative estimate of drug-likeness (QED) is 0.373. The molecular formula is C30H44N4O2. The highest BCUT2D eigenvalue weighted by atomic mass is 16.5. The van der Waals surface area contributed by atoms with Crippen molar-refractivity contribution in [3.63, 3.8) is 0 Å². The van der Waals surface area contributed by atoms with E-state index in [-0.39, 0.29) is 0 Å². The van der Waals surface area contributed by atoms with E-state index in [1.165, 1.54) is 31.2 Å². The lowest BCUT2D eigenvalue weighted by Gasteiger charge is -2.26. The molecule has 6 heteroatoms. The third kappa shape index (κ3) is 8.09. The Labute approximate surface area is 217 Å². The molecule has 0 bridgehead atoms. The third-order valence-corrected chi connectivity index (χ3v) is 6.65. The molecule has 0 unspecified atom stereocenters. The predicted molar refractivity (Wildman–Crippen MR) is 150 cm³/mol. The number of para-hydroxylation sites is 1. The van der Waals surface area contributed by atoms with Crippen molar-refractivity contribution in [1.82, 2.24) is 15.3 Å². The summed E-state index contributed by atoms with van der Waals surface area (Å²) in [6.45, 7) is 11.7. The van der Waals surface area contributed by atoms with Crippen molar-refractivity contribution in [1.29, 1.82) is 0 Å². The average Bonchev–Trinajstić information content (AvgIpc) is 2.86. The molecule has 1 aliphatic carbocycles. The average molecular weight is 493 g/mol. The smallest absolute Gasteiger partial charge is 0.139 e. The van der Waals surface area contributed by atoms with Crippen LogP contribution >= 0.6 is 0 Å². The molecule has 0 aliphatic heterocycles. The van der Waals surface area contributed by atoms with Gasteiger partial charge in [0.15, 0.2) is 0 Å². The summed E-state index contributed by atoms with van der Waals surface area (Å²) in [6, 6.07) is 14.2. The van der Waals surface area contributed by atoms with Gasteiger partial charge in [0.25, 0.3) is 0 Å². The van der Waals surface area contributed by atoms with E-state index < -0.39 is 0 Å². The fourth-order valence-corrected chi connectivity index (χ4v) is 4.69. The van der Waals surface area contributed by atoms with Crippen LogP contribution in [0.5, 0.6) is 11.5 Å². The number of ether oxygens (including phenoxy) is 2. The molecule has 1 N–H and O–H groups in total. The van der Waals surface area contributed by atoms with Crippen LogP contribution in [-0.2, 0) is 6.54 Å². The first-order valence-corrected chi connectivity index (χ1v) is 13.4. The Morgan fingerprint density at radius 2 is 1.67 bits per heavy atom. The monoisotopic (exact) mass is 492 g/mol. The maximum absolute atomic E-state index is 5.76. The number of hydrogen-bond acceptors (Lipinski definition) is 6. The molecule has 4 rings (SSSR count). The van der Waals surface area contributed by atoms with E-state index in [2.05, 4.69) is 28.3 Å². The van der Waals surface area contributed by atoms with E-state index in [0.29, 0.717) is 13.2 Å². The molecular weight excluding hydrogens is 448 g/mol. The summed E-state index contributed by atoms with van der Waals surface area (Å²) in [7, 11) is 3.99. The molecule has 2 aromatic carbocycles. The van der Waals surface area contributed by atoms with E-state index in [0.717, 1.165) is 59.0 Å². The minimum absolute atomic E-state index is 0.684. The van der Waals surface area contributed by atoms with Crippen LogP contribution in [0.2, 0.25) is 0 Å². The molecule has 1 aromatic heterocycles. The van der Waals surface area contributed by atoms with Crippen LogP contribution < -0.4 is 19.7 Å². The molecule has 0 atom stereocenters. The summed E-state index contributed by atoms with van der Waals surface area (Å²) < 4.78 is 11.3. The van der Waals surface area contributed by atoms with E-state index in [4.69, 9.17) is 9.47 Å². The second-order valence-corrected chi connectivity index (χ2v) is 9.90. The van der Waals surface area contributed by atoms with Gasteiger partial charge in [0.05, 0.1) is 18.7 Å². The summed E-state index contributed by atoms with van der Waals surface area (Å²) in [5.74, 6) is 5.39. The van der Waals surface area contributed by atoms with Gasteiger partial charge in [-0.15, -0.1) is 0 Å². The van der Waals surface area contributed by atoms with Crippen molar-refractivity contribution in [3.05, 3.63) is 53.9 Å². The van der Waals surface area contributed by atoms with Crippen molar-refractivity contribution in [2.75, 3.05) is 38.8 Å². The van der Waals surface area contributed by atoms with Crippen LogP contribution in [0.3, 0.4) is 0 Å².